The Labute approximate surface area is 163 Å². The smallest absolute Gasteiger partial charge is 0.244 e. The molecule has 0 aliphatic heterocycles. The van der Waals surface area contributed by atoms with Crippen LogP contribution in [0.2, 0.25) is 0 Å². The lowest BCUT2D eigenvalue weighted by atomic mass is 10.1. The van der Waals surface area contributed by atoms with Gasteiger partial charge in [-0.1, -0.05) is 59.7 Å². The maximum Gasteiger partial charge on any atom is 0.244 e. The van der Waals surface area contributed by atoms with Crippen LogP contribution in [0.15, 0.2) is 67.3 Å². The molecule has 1 aromatic heterocycles. The monoisotopic (exact) mass is 412 g/mol. The van der Waals surface area contributed by atoms with Gasteiger partial charge >= 0.3 is 0 Å². The van der Waals surface area contributed by atoms with E-state index in [9.17, 15) is 9.59 Å². The van der Waals surface area contributed by atoms with Crippen molar-refractivity contribution in [2.75, 3.05) is 0 Å². The highest BCUT2D eigenvalue weighted by molar-refractivity contribution is 5.96. The van der Waals surface area contributed by atoms with Gasteiger partial charge in [-0.3, -0.25) is 9.59 Å². The molecule has 0 aliphatic carbocycles. The first-order valence-electron chi connectivity index (χ1n) is 8.26. The number of aromatic nitrogens is 2. The first-order valence-corrected chi connectivity index (χ1v) is 8.26. The first-order chi connectivity index (χ1) is 12.0. The third kappa shape index (κ3) is 4.99. The van der Waals surface area contributed by atoms with Crippen molar-refractivity contribution < 1.29 is 31.1 Å². The predicted octanol–water partition coefficient (Wildman–Crippen LogP) is 0.162. The van der Waals surface area contributed by atoms with E-state index in [4.69, 9.17) is 0 Å². The quantitative estimate of drug-likeness (QED) is 0.427. The number of rotatable bonds is 6. The average molecular weight is 413 g/mol. The van der Waals surface area contributed by atoms with Gasteiger partial charge in [0.25, 0.3) is 0 Å². The van der Waals surface area contributed by atoms with Crippen molar-refractivity contribution in [2.45, 2.75) is 26.9 Å². The number of halogens is 1. The minimum absolute atomic E-state index is 0. The number of ketones is 2. The summed E-state index contributed by atoms with van der Waals surface area (Å²) in [6.07, 6.45) is 5.42. The van der Waals surface area contributed by atoms with Gasteiger partial charge in [-0.05, 0) is 13.8 Å². The summed E-state index contributed by atoms with van der Waals surface area (Å²) in [7, 11) is 0. The van der Waals surface area contributed by atoms with Gasteiger partial charge in [0.2, 0.25) is 17.9 Å². The van der Waals surface area contributed by atoms with E-state index in [0.29, 0.717) is 11.1 Å². The summed E-state index contributed by atoms with van der Waals surface area (Å²) in [5, 5.41) is 0. The molecule has 0 radical (unpaired) electrons. The van der Waals surface area contributed by atoms with Crippen LogP contribution in [0.25, 0.3) is 0 Å². The second-order valence-corrected chi connectivity index (χ2v) is 6.34. The lowest BCUT2D eigenvalue weighted by Crippen LogP contribution is -3.00. The molecule has 134 valence electrons. The largest absolute Gasteiger partial charge is 1.00 e. The summed E-state index contributed by atoms with van der Waals surface area (Å²) in [5.74, 6) is 0.0974. The fourth-order valence-electron chi connectivity index (χ4n) is 2.62. The van der Waals surface area contributed by atoms with Crippen LogP contribution in [0.3, 0.4) is 0 Å². The van der Waals surface area contributed by atoms with Crippen molar-refractivity contribution in [1.82, 2.24) is 4.57 Å². The first kappa shape index (κ1) is 19.8. The number of aryl methyl sites for hydroxylation is 2. The molecule has 1 heterocycles. The molecule has 5 heteroatoms. The summed E-state index contributed by atoms with van der Waals surface area (Å²) in [4.78, 5) is 24.6. The lowest BCUT2D eigenvalue weighted by Gasteiger charge is -2.00. The molecule has 0 atom stereocenters. The molecule has 0 fully saturated rings. The molecular weight excluding hydrogens is 392 g/mol. The van der Waals surface area contributed by atoms with Crippen molar-refractivity contribution in [2.24, 2.45) is 0 Å². The van der Waals surface area contributed by atoms with Gasteiger partial charge in [-0.15, -0.1) is 0 Å². The van der Waals surface area contributed by atoms with Crippen molar-refractivity contribution in [3.63, 3.8) is 0 Å². The van der Waals surface area contributed by atoms with Crippen LogP contribution in [0.4, 0.5) is 0 Å². The maximum atomic E-state index is 12.3. The Balaban J connectivity index is 0.00000243. The number of carbonyl (C=O) groups is 2. The second-order valence-electron chi connectivity index (χ2n) is 6.34. The zero-order valence-corrected chi connectivity index (χ0v) is 16.4. The van der Waals surface area contributed by atoms with E-state index in [1.54, 1.807) is 15.5 Å². The molecular formula is C21H21BrN2O2. The molecule has 0 unspecified atom stereocenters. The van der Waals surface area contributed by atoms with E-state index < -0.39 is 0 Å². The molecule has 0 N–H and O–H groups in total. The van der Waals surface area contributed by atoms with Gasteiger partial charge in [-0.25, -0.2) is 9.13 Å². The zero-order chi connectivity index (χ0) is 17.8. The minimum atomic E-state index is 0. The van der Waals surface area contributed by atoms with E-state index in [1.165, 1.54) is 0 Å². The van der Waals surface area contributed by atoms with E-state index in [2.05, 4.69) is 0 Å². The predicted molar refractivity (Wildman–Crippen MR) is 95.6 cm³/mol. The molecule has 2 aromatic carbocycles. The molecule has 0 aliphatic rings. The molecule has 3 rings (SSSR count). The number of carbonyl (C=O) groups excluding carboxylic acids is 2. The molecule has 0 saturated carbocycles. The van der Waals surface area contributed by atoms with Crippen molar-refractivity contribution in [3.05, 3.63) is 89.5 Å². The Hall–Kier alpha value is -2.53. The van der Waals surface area contributed by atoms with E-state index in [-0.39, 0.29) is 41.6 Å². The normalized spacial score (nSPS) is 10.2. The summed E-state index contributed by atoms with van der Waals surface area (Å²) < 4.78 is 3.59. The van der Waals surface area contributed by atoms with Gasteiger partial charge in [-0.2, -0.15) is 0 Å². The molecule has 26 heavy (non-hydrogen) atoms. The number of nitrogens with zero attached hydrogens (tertiary/aromatic N) is 2. The second kappa shape index (κ2) is 8.72. The number of Topliss-reactive ketones (excluding diaryl/α,β-unsaturated/α-hetero) is 2. The van der Waals surface area contributed by atoms with Gasteiger partial charge < -0.3 is 17.0 Å². The number of imidazole rings is 1. The molecule has 0 spiro atoms. The molecule has 4 nitrogen and oxygen atoms in total. The highest BCUT2D eigenvalue weighted by atomic mass is 79.9. The van der Waals surface area contributed by atoms with Crippen molar-refractivity contribution >= 4 is 11.6 Å². The molecule has 0 saturated heterocycles. The number of hydrogen-bond donors (Lipinski definition) is 0. The van der Waals surface area contributed by atoms with Crippen LogP contribution in [-0.2, 0) is 13.1 Å². The van der Waals surface area contributed by atoms with Crippen molar-refractivity contribution in [3.8, 4) is 0 Å². The third-order valence-electron chi connectivity index (χ3n) is 4.15. The Kier molecular flexibility index (Phi) is 6.64. The van der Waals surface area contributed by atoms with Gasteiger partial charge in [0.1, 0.15) is 12.4 Å². The third-order valence-corrected chi connectivity index (χ3v) is 4.15. The summed E-state index contributed by atoms with van der Waals surface area (Å²) in [6, 6.07) is 15.1. The Morgan fingerprint density at radius 3 is 1.88 bits per heavy atom. The molecule has 0 amide bonds. The Morgan fingerprint density at radius 2 is 1.35 bits per heavy atom. The molecule has 3 aromatic rings. The van der Waals surface area contributed by atoms with Crippen LogP contribution < -0.4 is 21.5 Å². The van der Waals surface area contributed by atoms with Crippen LogP contribution in [0, 0.1) is 13.8 Å². The minimum Gasteiger partial charge on any atom is -1.00 e. The Morgan fingerprint density at radius 1 is 0.846 bits per heavy atom. The van der Waals surface area contributed by atoms with E-state index in [1.807, 2.05) is 74.8 Å². The summed E-state index contributed by atoms with van der Waals surface area (Å²) >= 11 is 0. The van der Waals surface area contributed by atoms with Gasteiger partial charge in [0.05, 0.1) is 0 Å². The SMILES string of the molecule is Cc1ccc(C(=O)Cn2cc[n+](CC(=O)c3ccc(C)cc3)c2)cc1.[Br-]. The summed E-state index contributed by atoms with van der Waals surface area (Å²) in [6.45, 7) is 4.51. The van der Waals surface area contributed by atoms with E-state index in [0.717, 1.165) is 11.1 Å². The van der Waals surface area contributed by atoms with Crippen molar-refractivity contribution in [1.29, 1.82) is 0 Å². The Bertz CT molecular complexity index is 823. The fraction of sp³-hybridized carbons (Fsp3) is 0.190. The average Bonchev–Trinajstić information content (AvgIpc) is 3.02. The molecule has 0 bridgehead atoms. The highest BCUT2D eigenvalue weighted by Crippen LogP contribution is 2.06. The maximum absolute atomic E-state index is 12.3. The zero-order valence-electron chi connectivity index (χ0n) is 14.9. The highest BCUT2D eigenvalue weighted by Gasteiger charge is 2.14. The fourth-order valence-corrected chi connectivity index (χ4v) is 2.62. The van der Waals surface area contributed by atoms with Crippen LogP contribution in [-0.4, -0.2) is 16.1 Å². The standard InChI is InChI=1S/C21H21N2O2.BrH/c1-16-3-7-18(8-4-16)20(24)13-22-11-12-23(15-22)14-21(25)19-9-5-17(2)6-10-19;/h3-12,15H,13-14H2,1-2H3;1H/q+1;/p-1. The topological polar surface area (TPSA) is 43.0 Å². The number of benzene rings is 2. The van der Waals surface area contributed by atoms with E-state index >= 15 is 0 Å². The number of hydrogen-bond acceptors (Lipinski definition) is 2. The van der Waals surface area contributed by atoms with Crippen LogP contribution >= 0.6 is 0 Å². The summed E-state index contributed by atoms with van der Waals surface area (Å²) in [5.41, 5.74) is 3.65. The van der Waals surface area contributed by atoms with Gasteiger partial charge in [0.15, 0.2) is 13.1 Å². The van der Waals surface area contributed by atoms with Gasteiger partial charge in [0, 0.05) is 11.1 Å². The van der Waals surface area contributed by atoms with Crippen LogP contribution in [0.5, 0.6) is 0 Å². The lowest BCUT2D eigenvalue weighted by molar-refractivity contribution is -0.682. The van der Waals surface area contributed by atoms with Crippen LogP contribution in [0.1, 0.15) is 31.8 Å².